The number of hydrogen-bond donors (Lipinski definition) is 0. The van der Waals surface area contributed by atoms with Crippen LogP contribution in [0.5, 0.6) is 0 Å². The van der Waals surface area contributed by atoms with Crippen LogP contribution in [0, 0.1) is 0 Å². The summed E-state index contributed by atoms with van der Waals surface area (Å²) >= 11 is 0. The Bertz CT molecular complexity index is 233. The van der Waals surface area contributed by atoms with Crippen LogP contribution in [0.4, 0.5) is 0 Å². The van der Waals surface area contributed by atoms with Gasteiger partial charge in [-0.15, -0.1) is 0 Å². The molecule has 0 aromatic carbocycles. The fourth-order valence-corrected chi connectivity index (χ4v) is 1.06. The molecule has 7 heteroatoms. The zero-order chi connectivity index (χ0) is 12.6. The highest BCUT2D eigenvalue weighted by molar-refractivity contribution is 5.12. The van der Waals surface area contributed by atoms with Crippen LogP contribution < -0.4 is 0 Å². The van der Waals surface area contributed by atoms with Crippen LogP contribution in [0.3, 0.4) is 0 Å². The summed E-state index contributed by atoms with van der Waals surface area (Å²) in [6.45, 7) is 7.10. The van der Waals surface area contributed by atoms with Gasteiger partial charge in [0.25, 0.3) is 6.72 Å². The third-order valence-corrected chi connectivity index (χ3v) is 1.83. The highest BCUT2D eigenvalue weighted by Gasteiger charge is 1.92. The first-order valence-electron chi connectivity index (χ1n) is 5.70. The molecular formula is C10H20N5O2+. The fourth-order valence-electron chi connectivity index (χ4n) is 1.06. The minimum Gasteiger partial charge on any atom is -0.381 e. The van der Waals surface area contributed by atoms with Crippen molar-refractivity contribution in [3.8, 4) is 0 Å². The Hall–Kier alpha value is -1.39. The van der Waals surface area contributed by atoms with Crippen LogP contribution in [-0.4, -0.2) is 51.0 Å². The Morgan fingerprint density at radius 3 is 1.94 bits per heavy atom. The van der Waals surface area contributed by atoms with Crippen molar-refractivity contribution in [1.82, 2.24) is 0 Å². The number of azide groups is 1. The zero-order valence-electron chi connectivity index (χ0n) is 10.1. The van der Waals surface area contributed by atoms with Crippen molar-refractivity contribution in [2.45, 2.75) is 19.3 Å². The van der Waals surface area contributed by atoms with E-state index in [2.05, 4.69) is 26.6 Å². The van der Waals surface area contributed by atoms with E-state index in [1.807, 2.05) is 0 Å². The molecule has 0 fully saturated rings. The Morgan fingerprint density at radius 2 is 1.41 bits per heavy atom. The normalized spacial score (nSPS) is 9.41. The third-order valence-electron chi connectivity index (χ3n) is 1.83. The van der Waals surface area contributed by atoms with Gasteiger partial charge in [-0.1, -0.05) is 5.11 Å². The van der Waals surface area contributed by atoms with Gasteiger partial charge in [0.1, 0.15) is 6.54 Å². The van der Waals surface area contributed by atoms with E-state index in [1.54, 1.807) is 0 Å². The van der Waals surface area contributed by atoms with Crippen LogP contribution in [0.1, 0.15) is 19.3 Å². The molecule has 0 unspecified atom stereocenters. The molecule has 0 saturated heterocycles. The average molecular weight is 242 g/mol. The summed E-state index contributed by atoms with van der Waals surface area (Å²) in [5.41, 5.74) is 8.03. The lowest BCUT2D eigenvalue weighted by Gasteiger charge is -2.03. The van der Waals surface area contributed by atoms with Crippen molar-refractivity contribution in [2.24, 2.45) is 10.2 Å². The first-order chi connectivity index (χ1) is 8.41. The van der Waals surface area contributed by atoms with E-state index in [4.69, 9.17) is 15.0 Å². The number of ether oxygens (including phenoxy) is 2. The quantitative estimate of drug-likeness (QED) is 0.172. The van der Waals surface area contributed by atoms with Gasteiger partial charge in [-0.3, -0.25) is 0 Å². The van der Waals surface area contributed by atoms with Crippen molar-refractivity contribution in [1.29, 1.82) is 0 Å². The molecule has 7 nitrogen and oxygen atoms in total. The standard InChI is InChI=1S/C10H20N5O2/c1-12-13-5-2-7-16-9-4-10-17-8-3-6-14-15-11/h1-10H2/q+1. The Labute approximate surface area is 101 Å². The van der Waals surface area contributed by atoms with Gasteiger partial charge in [-0.25, -0.2) is 0 Å². The van der Waals surface area contributed by atoms with Crippen molar-refractivity contribution in [3.63, 3.8) is 0 Å². The van der Waals surface area contributed by atoms with Gasteiger partial charge in [0, 0.05) is 42.7 Å². The van der Waals surface area contributed by atoms with E-state index in [-0.39, 0.29) is 0 Å². The first-order valence-corrected chi connectivity index (χ1v) is 5.70. The molecule has 0 aromatic heterocycles. The predicted molar refractivity (Wildman–Crippen MR) is 64.2 cm³/mol. The van der Waals surface area contributed by atoms with Crippen molar-refractivity contribution < 1.29 is 14.3 Å². The number of rotatable bonds is 12. The van der Waals surface area contributed by atoms with Gasteiger partial charge in [-0.2, -0.15) is 0 Å². The van der Waals surface area contributed by atoms with Crippen LogP contribution in [-0.2, 0) is 9.47 Å². The van der Waals surface area contributed by atoms with Gasteiger partial charge < -0.3 is 9.47 Å². The molecule has 0 radical (unpaired) electrons. The minimum absolute atomic E-state index is 0.494. The van der Waals surface area contributed by atoms with Crippen LogP contribution in [0.2, 0.25) is 0 Å². The lowest BCUT2D eigenvalue weighted by Crippen LogP contribution is -2.04. The second kappa shape index (κ2) is 14.6. The highest BCUT2D eigenvalue weighted by Crippen LogP contribution is 1.90. The molecule has 0 spiro atoms. The molecule has 0 saturated carbocycles. The summed E-state index contributed by atoms with van der Waals surface area (Å²) in [5.74, 6) is 0. The highest BCUT2D eigenvalue weighted by atomic mass is 16.5. The van der Waals surface area contributed by atoms with E-state index in [0.29, 0.717) is 39.5 Å². The minimum atomic E-state index is 0.494. The molecule has 0 rings (SSSR count). The molecule has 0 amide bonds. The van der Waals surface area contributed by atoms with E-state index in [1.165, 1.54) is 0 Å². The molecule has 0 aliphatic carbocycles. The lowest BCUT2D eigenvalue weighted by atomic mass is 10.4. The number of hydrogen-bond acceptors (Lipinski definition) is 4. The summed E-state index contributed by atoms with van der Waals surface area (Å²) in [4.78, 5) is 6.05. The Morgan fingerprint density at radius 1 is 0.882 bits per heavy atom. The van der Waals surface area contributed by atoms with Crippen LogP contribution in [0.25, 0.3) is 10.4 Å². The maximum atomic E-state index is 8.03. The summed E-state index contributed by atoms with van der Waals surface area (Å²) in [7, 11) is 0. The molecule has 0 bridgehead atoms. The Balaban J connectivity index is 2.98. The second-order valence-electron chi connectivity index (χ2n) is 3.25. The Kier molecular flexibility index (Phi) is 13.4. The molecular weight excluding hydrogens is 222 g/mol. The molecule has 0 heterocycles. The largest absolute Gasteiger partial charge is 0.381 e. The van der Waals surface area contributed by atoms with Crippen molar-refractivity contribution >= 4 is 6.72 Å². The lowest BCUT2D eigenvalue weighted by molar-refractivity contribution is -0.0788. The topological polar surface area (TPSA) is 93.7 Å². The third kappa shape index (κ3) is 14.6. The monoisotopic (exact) mass is 242 g/mol. The van der Waals surface area contributed by atoms with Gasteiger partial charge in [-0.05, 0) is 24.8 Å². The maximum absolute atomic E-state index is 8.03. The van der Waals surface area contributed by atoms with E-state index < -0.39 is 0 Å². The number of nitrogens with zero attached hydrogens (tertiary/aromatic N) is 5. The summed E-state index contributed by atoms with van der Waals surface area (Å²) in [6, 6.07) is 0. The second-order valence-corrected chi connectivity index (χ2v) is 3.25. The van der Waals surface area contributed by atoms with E-state index in [9.17, 15) is 0 Å². The van der Waals surface area contributed by atoms with Gasteiger partial charge >= 0.3 is 0 Å². The van der Waals surface area contributed by atoms with Gasteiger partial charge in [0.2, 0.25) is 0 Å². The fraction of sp³-hybridized carbons (Fsp3) is 0.900. The van der Waals surface area contributed by atoms with Crippen molar-refractivity contribution in [3.05, 3.63) is 10.4 Å². The SMILES string of the molecule is C=[N+]=NCCCOCCCOCCCN=[N+]=[N-]. The molecule has 96 valence electrons. The summed E-state index contributed by atoms with van der Waals surface area (Å²) in [6.07, 6.45) is 2.51. The van der Waals surface area contributed by atoms with Gasteiger partial charge in [0.05, 0.1) is 5.11 Å². The summed E-state index contributed by atoms with van der Waals surface area (Å²) < 4.78 is 10.7. The smallest absolute Gasteiger partial charge is 0.295 e. The first kappa shape index (κ1) is 15.6. The van der Waals surface area contributed by atoms with Crippen LogP contribution in [0.15, 0.2) is 10.2 Å². The average Bonchev–Trinajstić information content (AvgIpc) is 2.35. The molecule has 17 heavy (non-hydrogen) atoms. The molecule has 0 aliphatic heterocycles. The molecule has 0 N–H and O–H groups in total. The van der Waals surface area contributed by atoms with Crippen molar-refractivity contribution in [2.75, 3.05) is 39.5 Å². The molecule has 0 aliphatic rings. The zero-order valence-corrected chi connectivity index (χ0v) is 10.1. The van der Waals surface area contributed by atoms with Gasteiger partial charge in [0.15, 0.2) is 0 Å². The molecule has 0 aromatic rings. The predicted octanol–water partition coefficient (Wildman–Crippen LogP) is 1.86. The van der Waals surface area contributed by atoms with Crippen LogP contribution >= 0.6 is 0 Å². The van der Waals surface area contributed by atoms with E-state index in [0.717, 1.165) is 19.3 Å². The summed E-state index contributed by atoms with van der Waals surface area (Å²) in [5, 5.41) is 7.14. The maximum Gasteiger partial charge on any atom is 0.295 e. The van der Waals surface area contributed by atoms with E-state index >= 15 is 0 Å². The molecule has 0 atom stereocenters.